The molecule has 4 aliphatic rings. The summed E-state index contributed by atoms with van der Waals surface area (Å²) in [6.07, 6.45) is 7.98. The number of ether oxygens (including phenoxy) is 4. The summed E-state index contributed by atoms with van der Waals surface area (Å²) >= 11 is 0. The molecule has 4 bridgehead atoms. The zero-order valence-electron chi connectivity index (χ0n) is 16.2. The summed E-state index contributed by atoms with van der Waals surface area (Å²) in [5, 5.41) is 0. The van der Waals surface area contributed by atoms with Crippen molar-refractivity contribution in [1.29, 1.82) is 0 Å². The predicted molar refractivity (Wildman–Crippen MR) is 110 cm³/mol. The SMILES string of the molecule is C1=C\COCc2ccc(cc2)COC/C=C\COCc2ccc(cc2)COC/1. The average molecular weight is 380 g/mol. The van der Waals surface area contributed by atoms with Crippen molar-refractivity contribution in [2.24, 2.45) is 0 Å². The van der Waals surface area contributed by atoms with E-state index in [1.54, 1.807) is 0 Å². The lowest BCUT2D eigenvalue weighted by Gasteiger charge is -2.06. The molecule has 0 N–H and O–H groups in total. The molecule has 2 aromatic carbocycles. The van der Waals surface area contributed by atoms with E-state index in [-0.39, 0.29) is 0 Å². The molecule has 4 heteroatoms. The molecule has 2 aromatic rings. The average Bonchev–Trinajstić information content (AvgIpc) is 2.73. The highest BCUT2D eigenvalue weighted by Gasteiger charge is 1.97. The van der Waals surface area contributed by atoms with Gasteiger partial charge in [0.25, 0.3) is 0 Å². The lowest BCUT2D eigenvalue weighted by atomic mass is 10.1. The zero-order valence-corrected chi connectivity index (χ0v) is 16.2. The second-order valence-electron chi connectivity index (χ2n) is 6.64. The van der Waals surface area contributed by atoms with Gasteiger partial charge in [0.1, 0.15) is 0 Å². The van der Waals surface area contributed by atoms with Crippen molar-refractivity contribution in [3.63, 3.8) is 0 Å². The van der Waals surface area contributed by atoms with Crippen LogP contribution in [-0.4, -0.2) is 26.4 Å². The van der Waals surface area contributed by atoms with E-state index in [1.807, 2.05) is 24.3 Å². The van der Waals surface area contributed by atoms with Crippen molar-refractivity contribution in [2.45, 2.75) is 26.4 Å². The van der Waals surface area contributed by atoms with E-state index in [4.69, 9.17) is 18.9 Å². The molecule has 0 unspecified atom stereocenters. The van der Waals surface area contributed by atoms with Crippen LogP contribution < -0.4 is 0 Å². The molecule has 0 amide bonds. The molecule has 6 rings (SSSR count). The van der Waals surface area contributed by atoms with Gasteiger partial charge in [-0.2, -0.15) is 0 Å². The monoisotopic (exact) mass is 380 g/mol. The first kappa shape index (κ1) is 20.5. The molecular weight excluding hydrogens is 352 g/mol. The van der Waals surface area contributed by atoms with Crippen molar-refractivity contribution < 1.29 is 18.9 Å². The number of hydrogen-bond donors (Lipinski definition) is 0. The second kappa shape index (κ2) is 12.3. The van der Waals surface area contributed by atoms with Crippen LogP contribution in [0.4, 0.5) is 0 Å². The van der Waals surface area contributed by atoms with E-state index in [9.17, 15) is 0 Å². The van der Waals surface area contributed by atoms with Crippen molar-refractivity contribution in [3.05, 3.63) is 95.1 Å². The molecule has 0 fully saturated rings. The van der Waals surface area contributed by atoms with E-state index < -0.39 is 0 Å². The van der Waals surface area contributed by atoms with Crippen LogP contribution in [0.2, 0.25) is 0 Å². The lowest BCUT2D eigenvalue weighted by Crippen LogP contribution is -1.98. The summed E-state index contributed by atoms with van der Waals surface area (Å²) in [7, 11) is 0. The molecule has 4 nitrogen and oxygen atoms in total. The van der Waals surface area contributed by atoms with Gasteiger partial charge in [0.05, 0.1) is 52.9 Å². The minimum atomic E-state index is 0.579. The zero-order chi connectivity index (χ0) is 19.3. The third-order valence-corrected chi connectivity index (χ3v) is 4.31. The maximum Gasteiger partial charge on any atom is 0.0721 e. The maximum atomic E-state index is 5.67. The van der Waals surface area contributed by atoms with Gasteiger partial charge in [0.15, 0.2) is 0 Å². The van der Waals surface area contributed by atoms with E-state index in [0.717, 1.165) is 22.3 Å². The van der Waals surface area contributed by atoms with Crippen LogP contribution in [0.15, 0.2) is 72.8 Å². The Morgan fingerprint density at radius 3 is 0.786 bits per heavy atom. The van der Waals surface area contributed by atoms with E-state index in [1.165, 1.54) is 0 Å². The maximum absolute atomic E-state index is 5.67. The summed E-state index contributed by atoms with van der Waals surface area (Å²) in [5.41, 5.74) is 4.62. The third-order valence-electron chi connectivity index (χ3n) is 4.31. The molecule has 148 valence electrons. The fourth-order valence-corrected chi connectivity index (χ4v) is 2.71. The molecule has 0 atom stereocenters. The fourth-order valence-electron chi connectivity index (χ4n) is 2.71. The predicted octanol–water partition coefficient (Wildman–Crippen LogP) is 4.58. The highest BCUT2D eigenvalue weighted by Crippen LogP contribution is 2.09. The molecule has 0 radical (unpaired) electrons. The van der Waals surface area contributed by atoms with Crippen LogP contribution in [0, 0.1) is 0 Å². The van der Waals surface area contributed by atoms with E-state index in [0.29, 0.717) is 52.9 Å². The Labute approximate surface area is 167 Å². The molecule has 4 aliphatic heterocycles. The minimum absolute atomic E-state index is 0.579. The Bertz CT molecular complexity index is 605. The first-order chi connectivity index (χ1) is 13.9. The van der Waals surface area contributed by atoms with Gasteiger partial charge >= 0.3 is 0 Å². The van der Waals surface area contributed by atoms with Crippen molar-refractivity contribution in [2.75, 3.05) is 26.4 Å². The van der Waals surface area contributed by atoms with Gasteiger partial charge < -0.3 is 18.9 Å². The first-order valence-corrected chi connectivity index (χ1v) is 9.67. The van der Waals surface area contributed by atoms with Gasteiger partial charge in [-0.05, 0) is 22.3 Å². The van der Waals surface area contributed by atoms with Gasteiger partial charge in [-0.1, -0.05) is 72.8 Å². The Morgan fingerprint density at radius 2 is 0.571 bits per heavy atom. The van der Waals surface area contributed by atoms with E-state index in [2.05, 4.69) is 48.5 Å². The van der Waals surface area contributed by atoms with Gasteiger partial charge in [-0.25, -0.2) is 0 Å². The van der Waals surface area contributed by atoms with Gasteiger partial charge in [0.2, 0.25) is 0 Å². The lowest BCUT2D eigenvalue weighted by molar-refractivity contribution is 0.138. The Hall–Kier alpha value is -2.24. The Balaban J connectivity index is 1.52. The van der Waals surface area contributed by atoms with Crippen molar-refractivity contribution in [1.82, 2.24) is 0 Å². The van der Waals surface area contributed by atoms with Gasteiger partial charge in [-0.15, -0.1) is 0 Å². The minimum Gasteiger partial charge on any atom is -0.373 e. The third kappa shape index (κ3) is 7.79. The van der Waals surface area contributed by atoms with Crippen LogP contribution in [0.1, 0.15) is 22.3 Å². The topological polar surface area (TPSA) is 36.9 Å². The Morgan fingerprint density at radius 1 is 0.357 bits per heavy atom. The molecule has 4 heterocycles. The molecule has 0 saturated heterocycles. The summed E-state index contributed by atoms with van der Waals surface area (Å²) < 4.78 is 22.7. The molecule has 28 heavy (non-hydrogen) atoms. The summed E-state index contributed by atoms with van der Waals surface area (Å²) in [5.74, 6) is 0. The quantitative estimate of drug-likeness (QED) is 0.627. The first-order valence-electron chi connectivity index (χ1n) is 9.67. The normalized spacial score (nSPS) is 19.7. The van der Waals surface area contributed by atoms with Crippen LogP contribution >= 0.6 is 0 Å². The largest absolute Gasteiger partial charge is 0.373 e. The standard InChI is InChI=1S/C24H28O4/c1-2-14-26-18-22-9-11-24(12-10-22)20-28-16-4-3-15-27-19-23-7-5-21(6-8-23)17-25-13-1/h1-12H,13-20H2/b2-1-,4-3-. The molecule has 0 spiro atoms. The van der Waals surface area contributed by atoms with Crippen molar-refractivity contribution >= 4 is 0 Å². The molecule has 0 saturated carbocycles. The van der Waals surface area contributed by atoms with Crippen LogP contribution in [0.25, 0.3) is 0 Å². The second-order valence-corrected chi connectivity index (χ2v) is 6.64. The van der Waals surface area contributed by atoms with Crippen molar-refractivity contribution in [3.8, 4) is 0 Å². The number of benzene rings is 2. The highest BCUT2D eigenvalue weighted by atomic mass is 16.5. The molecular formula is C24H28O4. The highest BCUT2D eigenvalue weighted by molar-refractivity contribution is 5.22. The number of hydrogen-bond acceptors (Lipinski definition) is 4. The fraction of sp³-hybridized carbons (Fsp3) is 0.333. The smallest absolute Gasteiger partial charge is 0.0721 e. The number of rotatable bonds is 0. The van der Waals surface area contributed by atoms with Gasteiger partial charge in [0, 0.05) is 0 Å². The van der Waals surface area contributed by atoms with Crippen LogP contribution in [0.5, 0.6) is 0 Å². The molecule has 0 aromatic heterocycles. The molecule has 0 aliphatic carbocycles. The summed E-state index contributed by atoms with van der Waals surface area (Å²) in [4.78, 5) is 0. The van der Waals surface area contributed by atoms with Crippen LogP contribution in [-0.2, 0) is 45.4 Å². The van der Waals surface area contributed by atoms with Gasteiger partial charge in [-0.3, -0.25) is 0 Å². The summed E-state index contributed by atoms with van der Waals surface area (Å²) in [6.45, 7) is 4.71. The Kier molecular flexibility index (Phi) is 8.98. The van der Waals surface area contributed by atoms with E-state index >= 15 is 0 Å². The summed E-state index contributed by atoms with van der Waals surface area (Å²) in [6, 6.07) is 16.7. The van der Waals surface area contributed by atoms with Crippen LogP contribution in [0.3, 0.4) is 0 Å².